The van der Waals surface area contributed by atoms with Crippen molar-refractivity contribution >= 4 is 23.4 Å². The summed E-state index contributed by atoms with van der Waals surface area (Å²) in [5.74, 6) is -1.69. The average molecular weight is 495 g/mol. The number of rotatable bonds is 5. The second-order valence-corrected chi connectivity index (χ2v) is 10.5. The number of nitrogens with one attached hydrogen (secondary N) is 1. The molecule has 9 heteroatoms. The largest absolute Gasteiger partial charge is 0.377 e. The number of carbonyl (C=O) groups is 3. The number of benzene rings is 2. The maximum absolute atomic E-state index is 14.6. The first-order valence-corrected chi connectivity index (χ1v) is 12.4. The van der Waals surface area contributed by atoms with Gasteiger partial charge < -0.3 is 26.0 Å². The van der Waals surface area contributed by atoms with Gasteiger partial charge in [-0.05, 0) is 48.4 Å². The molecule has 3 heterocycles. The van der Waals surface area contributed by atoms with Crippen molar-refractivity contribution in [3.8, 4) is 0 Å². The number of hydrogen-bond acceptors (Lipinski definition) is 5. The number of fused-ring (bicyclic) bond motifs is 3. The van der Waals surface area contributed by atoms with Crippen molar-refractivity contribution in [2.24, 2.45) is 11.7 Å². The molecule has 1 saturated heterocycles. The Morgan fingerprint density at radius 3 is 2.69 bits per heavy atom. The lowest BCUT2D eigenvalue weighted by Gasteiger charge is -2.39. The van der Waals surface area contributed by atoms with Crippen molar-refractivity contribution < 1.29 is 23.9 Å². The molecule has 4 atom stereocenters. The molecule has 5 rings (SSSR count). The van der Waals surface area contributed by atoms with Crippen LogP contribution in [0.25, 0.3) is 0 Å². The van der Waals surface area contributed by atoms with E-state index in [1.54, 1.807) is 18.2 Å². The molecule has 0 aromatic heterocycles. The number of anilines is 1. The quantitative estimate of drug-likeness (QED) is 0.550. The number of aliphatic hydroxyl groups is 1. The second kappa shape index (κ2) is 8.97. The molecule has 36 heavy (non-hydrogen) atoms. The van der Waals surface area contributed by atoms with Gasteiger partial charge in [-0.2, -0.15) is 0 Å². The molecule has 8 nitrogen and oxygen atoms in total. The summed E-state index contributed by atoms with van der Waals surface area (Å²) in [4.78, 5) is 43.7. The van der Waals surface area contributed by atoms with Crippen LogP contribution in [-0.2, 0) is 21.4 Å². The van der Waals surface area contributed by atoms with Crippen LogP contribution < -0.4 is 11.1 Å². The van der Waals surface area contributed by atoms with Crippen molar-refractivity contribution in [3.63, 3.8) is 0 Å². The second-order valence-electron chi connectivity index (χ2n) is 10.5. The summed E-state index contributed by atoms with van der Waals surface area (Å²) in [7, 11) is 0. The topological polar surface area (TPSA) is 116 Å². The SMILES string of the molecule is CC(C)CC(C(=O)N1C[C@]2(CC1C(N)O)C(=O)Nc1ccccc12)N1CCc2cccc(F)c2C1=O. The average Bonchev–Trinajstić information content (AvgIpc) is 3.37. The summed E-state index contributed by atoms with van der Waals surface area (Å²) < 4.78 is 14.6. The predicted molar refractivity (Wildman–Crippen MR) is 131 cm³/mol. The van der Waals surface area contributed by atoms with Crippen molar-refractivity contribution in [2.45, 2.75) is 56.8 Å². The van der Waals surface area contributed by atoms with Crippen LogP contribution in [-0.4, -0.2) is 64.0 Å². The third-order valence-corrected chi connectivity index (χ3v) is 7.75. The third kappa shape index (κ3) is 3.77. The molecule has 0 bridgehead atoms. The van der Waals surface area contributed by atoms with E-state index < -0.39 is 35.5 Å². The Bertz CT molecular complexity index is 1230. The maximum Gasteiger partial charge on any atom is 0.257 e. The zero-order valence-corrected chi connectivity index (χ0v) is 20.4. The van der Waals surface area contributed by atoms with E-state index in [4.69, 9.17) is 5.73 Å². The molecule has 3 aliphatic rings. The van der Waals surface area contributed by atoms with Crippen LogP contribution in [0.3, 0.4) is 0 Å². The molecule has 3 aliphatic heterocycles. The van der Waals surface area contributed by atoms with Gasteiger partial charge in [-0.15, -0.1) is 0 Å². The van der Waals surface area contributed by atoms with Crippen LogP contribution in [0.15, 0.2) is 42.5 Å². The van der Waals surface area contributed by atoms with Gasteiger partial charge in [0.2, 0.25) is 11.8 Å². The van der Waals surface area contributed by atoms with Gasteiger partial charge in [0, 0.05) is 18.8 Å². The van der Waals surface area contributed by atoms with Gasteiger partial charge in [0.15, 0.2) is 0 Å². The molecule has 1 spiro atoms. The van der Waals surface area contributed by atoms with E-state index in [0.29, 0.717) is 24.1 Å². The minimum atomic E-state index is -1.37. The van der Waals surface area contributed by atoms with Crippen LogP contribution >= 0.6 is 0 Å². The van der Waals surface area contributed by atoms with Gasteiger partial charge >= 0.3 is 0 Å². The third-order valence-electron chi connectivity index (χ3n) is 7.75. The highest BCUT2D eigenvalue weighted by Crippen LogP contribution is 2.47. The lowest BCUT2D eigenvalue weighted by atomic mass is 9.79. The van der Waals surface area contributed by atoms with E-state index in [2.05, 4.69) is 5.32 Å². The smallest absolute Gasteiger partial charge is 0.257 e. The summed E-state index contributed by atoms with van der Waals surface area (Å²) in [6, 6.07) is 10.2. The fraction of sp³-hybridized carbons (Fsp3) is 0.444. The summed E-state index contributed by atoms with van der Waals surface area (Å²) in [6.45, 7) is 4.21. The number of halogens is 1. The van der Waals surface area contributed by atoms with E-state index in [9.17, 15) is 23.9 Å². The number of aliphatic hydroxyl groups excluding tert-OH is 1. The van der Waals surface area contributed by atoms with E-state index >= 15 is 0 Å². The van der Waals surface area contributed by atoms with Crippen molar-refractivity contribution in [1.29, 1.82) is 0 Å². The van der Waals surface area contributed by atoms with E-state index in [1.807, 2.05) is 32.0 Å². The molecule has 3 unspecified atom stereocenters. The van der Waals surface area contributed by atoms with Crippen LogP contribution in [0.2, 0.25) is 0 Å². The lowest BCUT2D eigenvalue weighted by Crippen LogP contribution is -2.57. The van der Waals surface area contributed by atoms with Crippen molar-refractivity contribution in [1.82, 2.24) is 9.80 Å². The Balaban J connectivity index is 1.51. The van der Waals surface area contributed by atoms with Gasteiger partial charge in [-0.1, -0.05) is 44.2 Å². The fourth-order valence-corrected chi connectivity index (χ4v) is 6.02. The molecule has 0 aliphatic carbocycles. The predicted octanol–water partition coefficient (Wildman–Crippen LogP) is 2.01. The number of nitrogens with zero attached hydrogens (tertiary/aromatic N) is 2. The number of likely N-dealkylation sites (tertiary alicyclic amines) is 1. The molecular formula is C27H31FN4O4. The van der Waals surface area contributed by atoms with Crippen molar-refractivity contribution in [3.05, 3.63) is 65.0 Å². The fourth-order valence-electron chi connectivity index (χ4n) is 6.02. The Labute approximate surface area is 209 Å². The molecule has 2 aromatic carbocycles. The van der Waals surface area contributed by atoms with Crippen molar-refractivity contribution in [2.75, 3.05) is 18.4 Å². The Hall–Kier alpha value is -3.30. The minimum absolute atomic E-state index is 0.00251. The summed E-state index contributed by atoms with van der Waals surface area (Å²) >= 11 is 0. The molecule has 0 radical (unpaired) electrons. The zero-order chi connectivity index (χ0) is 25.8. The number of para-hydroxylation sites is 1. The molecule has 2 aromatic rings. The number of amides is 3. The molecule has 190 valence electrons. The highest BCUT2D eigenvalue weighted by Gasteiger charge is 2.57. The summed E-state index contributed by atoms with van der Waals surface area (Å²) in [5.41, 5.74) is 6.97. The number of hydrogen-bond donors (Lipinski definition) is 3. The summed E-state index contributed by atoms with van der Waals surface area (Å²) in [5, 5.41) is 13.4. The standard InChI is InChI=1S/C27H31FN4O4/c1-15(2)12-20(31-11-10-16-6-5-8-18(28)22(16)25(31)35)24(34)32-14-27(13-21(32)23(29)33)17-7-3-4-9-19(17)30-26(27)36/h3-9,15,20-21,23,33H,10-14,29H2,1-2H3,(H,30,36)/t20?,21?,23?,27-/m0/s1. The van der Waals surface area contributed by atoms with Crippen LogP contribution in [0.4, 0.5) is 10.1 Å². The molecule has 3 amide bonds. The van der Waals surface area contributed by atoms with Gasteiger partial charge in [0.25, 0.3) is 5.91 Å². The van der Waals surface area contributed by atoms with Crippen LogP contribution in [0.5, 0.6) is 0 Å². The Morgan fingerprint density at radius 2 is 1.97 bits per heavy atom. The molecule has 1 fully saturated rings. The first kappa shape index (κ1) is 24.4. The number of nitrogens with two attached hydrogens (primary N) is 1. The van der Waals surface area contributed by atoms with E-state index in [-0.39, 0.29) is 42.8 Å². The monoisotopic (exact) mass is 494 g/mol. The highest BCUT2D eigenvalue weighted by molar-refractivity contribution is 6.07. The highest BCUT2D eigenvalue weighted by atomic mass is 19.1. The normalized spacial score (nSPS) is 24.7. The van der Waals surface area contributed by atoms with Gasteiger partial charge in [-0.25, -0.2) is 4.39 Å². The maximum atomic E-state index is 14.6. The van der Waals surface area contributed by atoms with E-state index in [0.717, 1.165) is 5.56 Å². The van der Waals surface area contributed by atoms with Crippen LogP contribution in [0.1, 0.15) is 48.2 Å². The Morgan fingerprint density at radius 1 is 1.22 bits per heavy atom. The zero-order valence-electron chi connectivity index (χ0n) is 20.4. The molecular weight excluding hydrogens is 463 g/mol. The Kier molecular flexibility index (Phi) is 6.08. The molecule has 0 saturated carbocycles. The molecule has 4 N–H and O–H groups in total. The first-order valence-electron chi connectivity index (χ1n) is 12.4. The van der Waals surface area contributed by atoms with Gasteiger partial charge in [-0.3, -0.25) is 14.4 Å². The first-order chi connectivity index (χ1) is 17.1. The minimum Gasteiger partial charge on any atom is -0.377 e. The lowest BCUT2D eigenvalue weighted by molar-refractivity contribution is -0.140. The summed E-state index contributed by atoms with van der Waals surface area (Å²) in [6.07, 6.45) is -0.417. The van der Waals surface area contributed by atoms with Gasteiger partial charge in [0.1, 0.15) is 18.1 Å². The van der Waals surface area contributed by atoms with Gasteiger partial charge in [0.05, 0.1) is 17.0 Å². The van der Waals surface area contributed by atoms with Crippen LogP contribution in [0, 0.1) is 11.7 Å². The van der Waals surface area contributed by atoms with E-state index in [1.165, 1.54) is 15.9 Å². The number of carbonyl (C=O) groups excluding carboxylic acids is 3.